The molecule has 1 aliphatic rings. The number of halogens is 1. The Morgan fingerprint density at radius 2 is 1.48 bits per heavy atom. The van der Waals surface area contributed by atoms with Gasteiger partial charge >= 0.3 is 5.97 Å². The van der Waals surface area contributed by atoms with Gasteiger partial charge in [-0.3, -0.25) is 4.79 Å². The molecule has 3 rings (SSSR count). The Morgan fingerprint density at radius 1 is 0.926 bits per heavy atom. The lowest BCUT2D eigenvalue weighted by atomic mass is 9.62. The normalized spacial score (nSPS) is 17.3. The van der Waals surface area contributed by atoms with Gasteiger partial charge in [0, 0.05) is 14.7 Å². The highest BCUT2D eigenvalue weighted by Gasteiger charge is 2.37. The molecule has 0 aliphatic heterocycles. The molecule has 0 spiro atoms. The summed E-state index contributed by atoms with van der Waals surface area (Å²) in [6, 6.07) is 9.05. The zero-order valence-electron chi connectivity index (χ0n) is 16.4. The van der Waals surface area contributed by atoms with Crippen LogP contribution in [0.15, 0.2) is 30.3 Å². The van der Waals surface area contributed by atoms with Gasteiger partial charge in [0.1, 0.15) is 0 Å². The molecule has 27 heavy (non-hydrogen) atoms. The van der Waals surface area contributed by atoms with Gasteiger partial charge in [0.05, 0.1) is 5.56 Å². The fraction of sp³-hybridized carbons (Fsp3) is 0.391. The van der Waals surface area contributed by atoms with Crippen LogP contribution in [0.5, 0.6) is 0 Å². The topological polar surface area (TPSA) is 54.4 Å². The SMILES string of the molecule is Cc1cc2c(cc1C(=O)c1ccc(C(=O)O)c(I)c1)C(C)(C)CCC2(C)C. The first-order valence-corrected chi connectivity index (χ1v) is 10.2. The van der Waals surface area contributed by atoms with Crippen molar-refractivity contribution < 1.29 is 14.7 Å². The Labute approximate surface area is 174 Å². The molecule has 0 atom stereocenters. The lowest BCUT2D eigenvalue weighted by Crippen LogP contribution is -2.34. The number of carbonyl (C=O) groups is 2. The molecule has 142 valence electrons. The van der Waals surface area contributed by atoms with E-state index in [1.54, 1.807) is 12.1 Å². The number of aromatic carboxylic acids is 1. The second kappa shape index (κ2) is 6.73. The number of carboxylic acid groups (broad SMARTS) is 1. The predicted octanol–water partition coefficient (Wildman–Crippen LogP) is 5.88. The Bertz CT molecular complexity index is 954. The summed E-state index contributed by atoms with van der Waals surface area (Å²) >= 11 is 1.97. The molecular weight excluding hydrogens is 451 g/mol. The molecule has 1 N–H and O–H groups in total. The van der Waals surface area contributed by atoms with E-state index >= 15 is 0 Å². The largest absolute Gasteiger partial charge is 0.478 e. The highest BCUT2D eigenvalue weighted by atomic mass is 127. The van der Waals surface area contributed by atoms with Crippen LogP contribution in [0, 0.1) is 10.5 Å². The molecule has 0 aromatic heterocycles. The molecule has 2 aromatic carbocycles. The molecule has 3 nitrogen and oxygen atoms in total. The number of aryl methyl sites for hydroxylation is 1. The van der Waals surface area contributed by atoms with Crippen molar-refractivity contribution in [2.24, 2.45) is 0 Å². The van der Waals surface area contributed by atoms with Crippen LogP contribution in [-0.2, 0) is 10.8 Å². The van der Waals surface area contributed by atoms with Gasteiger partial charge in [-0.2, -0.15) is 0 Å². The van der Waals surface area contributed by atoms with Crippen LogP contribution >= 0.6 is 22.6 Å². The number of rotatable bonds is 3. The van der Waals surface area contributed by atoms with Gasteiger partial charge in [-0.1, -0.05) is 39.8 Å². The van der Waals surface area contributed by atoms with Crippen molar-refractivity contribution in [1.29, 1.82) is 0 Å². The third-order valence-corrected chi connectivity index (χ3v) is 6.80. The van der Waals surface area contributed by atoms with Crippen LogP contribution in [0.3, 0.4) is 0 Å². The van der Waals surface area contributed by atoms with Crippen molar-refractivity contribution in [3.63, 3.8) is 0 Å². The van der Waals surface area contributed by atoms with Crippen LogP contribution in [0.2, 0.25) is 0 Å². The highest BCUT2D eigenvalue weighted by Crippen LogP contribution is 2.46. The van der Waals surface area contributed by atoms with E-state index in [1.165, 1.54) is 17.2 Å². The highest BCUT2D eigenvalue weighted by molar-refractivity contribution is 14.1. The van der Waals surface area contributed by atoms with Gasteiger partial charge in [-0.15, -0.1) is 0 Å². The van der Waals surface area contributed by atoms with Gasteiger partial charge in [-0.05, 0) is 88.1 Å². The van der Waals surface area contributed by atoms with E-state index in [4.69, 9.17) is 0 Å². The van der Waals surface area contributed by atoms with Crippen LogP contribution in [-0.4, -0.2) is 16.9 Å². The van der Waals surface area contributed by atoms with E-state index in [0.29, 0.717) is 14.7 Å². The molecule has 0 radical (unpaired) electrons. The van der Waals surface area contributed by atoms with Crippen molar-refractivity contribution in [1.82, 2.24) is 0 Å². The molecule has 0 saturated carbocycles. The number of carbonyl (C=O) groups excluding carboxylic acids is 1. The first-order valence-electron chi connectivity index (χ1n) is 9.17. The maximum atomic E-state index is 13.2. The maximum absolute atomic E-state index is 13.2. The Morgan fingerprint density at radius 3 is 2.00 bits per heavy atom. The van der Waals surface area contributed by atoms with Crippen LogP contribution in [0.1, 0.15) is 83.5 Å². The Hall–Kier alpha value is -1.69. The molecule has 0 unspecified atom stereocenters. The fourth-order valence-corrected chi connectivity index (χ4v) is 4.70. The number of hydrogen-bond acceptors (Lipinski definition) is 2. The van der Waals surface area contributed by atoms with Gasteiger partial charge < -0.3 is 5.11 Å². The summed E-state index contributed by atoms with van der Waals surface area (Å²) in [6.45, 7) is 11.0. The van der Waals surface area contributed by atoms with E-state index in [1.807, 2.05) is 29.5 Å². The fourth-order valence-electron chi connectivity index (χ4n) is 3.95. The monoisotopic (exact) mass is 476 g/mol. The molecule has 1 aliphatic carbocycles. The summed E-state index contributed by atoms with van der Waals surface area (Å²) in [5.41, 5.74) is 5.16. The lowest BCUT2D eigenvalue weighted by molar-refractivity contribution is 0.0695. The van der Waals surface area contributed by atoms with Crippen molar-refractivity contribution in [2.75, 3.05) is 0 Å². The smallest absolute Gasteiger partial charge is 0.336 e. The zero-order valence-corrected chi connectivity index (χ0v) is 18.6. The van der Waals surface area contributed by atoms with E-state index in [-0.39, 0.29) is 22.2 Å². The van der Waals surface area contributed by atoms with Crippen molar-refractivity contribution in [2.45, 2.75) is 58.3 Å². The minimum Gasteiger partial charge on any atom is -0.478 e. The second-order valence-electron chi connectivity index (χ2n) is 8.81. The quantitative estimate of drug-likeness (QED) is 0.445. The summed E-state index contributed by atoms with van der Waals surface area (Å²) < 4.78 is 0.572. The average Bonchev–Trinajstić information content (AvgIpc) is 2.57. The van der Waals surface area contributed by atoms with Gasteiger partial charge in [0.15, 0.2) is 5.78 Å². The molecule has 0 bridgehead atoms. The van der Waals surface area contributed by atoms with Crippen molar-refractivity contribution in [3.05, 3.63) is 67.3 Å². The molecule has 0 saturated heterocycles. The third-order valence-electron chi connectivity index (χ3n) is 5.90. The minimum atomic E-state index is -0.979. The number of carboxylic acids is 1. The van der Waals surface area contributed by atoms with E-state index in [2.05, 4.69) is 39.8 Å². The molecule has 0 fully saturated rings. The van der Waals surface area contributed by atoms with Crippen molar-refractivity contribution in [3.8, 4) is 0 Å². The standard InChI is InChI=1S/C23H25IO3/c1-13-10-17-18(23(4,5)9-8-22(17,2)3)12-16(13)20(25)14-6-7-15(21(26)27)19(24)11-14/h6-7,10-12H,8-9H2,1-5H3,(H,26,27). The summed E-state index contributed by atoms with van der Waals surface area (Å²) in [7, 11) is 0. The van der Waals surface area contributed by atoms with Crippen LogP contribution < -0.4 is 0 Å². The maximum Gasteiger partial charge on any atom is 0.336 e. The van der Waals surface area contributed by atoms with Crippen molar-refractivity contribution >= 4 is 34.3 Å². The average molecular weight is 476 g/mol. The molecule has 0 amide bonds. The molecular formula is C23H25IO3. The number of fused-ring (bicyclic) bond motifs is 1. The number of ketones is 1. The first-order chi connectivity index (χ1) is 12.4. The van der Waals surface area contributed by atoms with Crippen LogP contribution in [0.25, 0.3) is 0 Å². The number of benzene rings is 2. The third kappa shape index (κ3) is 3.56. The predicted molar refractivity (Wildman–Crippen MR) is 116 cm³/mol. The Balaban J connectivity index is 2.12. The second-order valence-corrected chi connectivity index (χ2v) is 9.97. The van der Waals surface area contributed by atoms with Gasteiger partial charge in [0.25, 0.3) is 0 Å². The zero-order chi connectivity index (χ0) is 20.1. The van der Waals surface area contributed by atoms with Gasteiger partial charge in [-0.25, -0.2) is 4.79 Å². The van der Waals surface area contributed by atoms with E-state index in [0.717, 1.165) is 18.4 Å². The summed E-state index contributed by atoms with van der Waals surface area (Å²) in [5, 5.41) is 9.21. The van der Waals surface area contributed by atoms with E-state index in [9.17, 15) is 14.7 Å². The summed E-state index contributed by atoms with van der Waals surface area (Å²) in [6.07, 6.45) is 2.23. The van der Waals surface area contributed by atoms with E-state index < -0.39 is 5.97 Å². The summed E-state index contributed by atoms with van der Waals surface area (Å²) in [4.78, 5) is 24.4. The number of hydrogen-bond donors (Lipinski definition) is 1. The molecule has 0 heterocycles. The molecule has 4 heteroatoms. The van der Waals surface area contributed by atoms with Crippen LogP contribution in [0.4, 0.5) is 0 Å². The van der Waals surface area contributed by atoms with Gasteiger partial charge in [0.2, 0.25) is 0 Å². The minimum absolute atomic E-state index is 0.0369. The Kier molecular flexibility index (Phi) is 5.00. The summed E-state index contributed by atoms with van der Waals surface area (Å²) in [5.74, 6) is -1.03. The lowest BCUT2D eigenvalue weighted by Gasteiger charge is -2.42. The molecule has 2 aromatic rings. The first kappa shape index (κ1) is 20.1.